The van der Waals surface area contributed by atoms with E-state index in [1.54, 1.807) is 0 Å². The first-order valence-electron chi connectivity index (χ1n) is 6.96. The largest absolute Gasteiger partial charge is 0.507 e. The van der Waals surface area contributed by atoms with Crippen molar-refractivity contribution in [3.8, 4) is 11.5 Å². The van der Waals surface area contributed by atoms with Crippen LogP contribution in [0.2, 0.25) is 0 Å². The number of amides is 1. The summed E-state index contributed by atoms with van der Waals surface area (Å²) in [6.45, 7) is 0.466. The molecule has 0 aromatic heterocycles. The fourth-order valence-corrected chi connectivity index (χ4v) is 2.81. The Kier molecular flexibility index (Phi) is 3.53. The highest BCUT2D eigenvalue weighted by Gasteiger charge is 2.66. The van der Waals surface area contributed by atoms with Crippen LogP contribution in [0, 0.1) is 0 Å². The minimum atomic E-state index is -4.77. The first kappa shape index (κ1) is 15.7. The van der Waals surface area contributed by atoms with Crippen LogP contribution < -0.4 is 9.47 Å². The van der Waals surface area contributed by atoms with E-state index < -0.39 is 29.8 Å². The summed E-state index contributed by atoms with van der Waals surface area (Å²) in [5, 5.41) is 8.91. The molecule has 0 bridgehead atoms. The van der Waals surface area contributed by atoms with Crippen molar-refractivity contribution in [1.29, 1.82) is 0 Å². The topological polar surface area (TPSA) is 59.0 Å². The molecular weight excluding hydrogens is 322 g/mol. The molecule has 2 aliphatic heterocycles. The van der Waals surface area contributed by atoms with Crippen molar-refractivity contribution >= 4 is 6.09 Å². The molecule has 0 atom stereocenters. The van der Waals surface area contributed by atoms with Gasteiger partial charge in [0.2, 0.25) is 0 Å². The predicted octanol–water partition coefficient (Wildman–Crippen LogP) is 3.50. The summed E-state index contributed by atoms with van der Waals surface area (Å²) in [6, 6.07) is 4.05. The highest BCUT2D eigenvalue weighted by Crippen LogP contribution is 2.50. The van der Waals surface area contributed by atoms with Crippen LogP contribution in [0.1, 0.15) is 24.3 Å². The van der Waals surface area contributed by atoms with Crippen LogP contribution in [0.5, 0.6) is 11.5 Å². The van der Waals surface area contributed by atoms with Gasteiger partial charge < -0.3 is 19.5 Å². The van der Waals surface area contributed by atoms with E-state index in [4.69, 9.17) is 5.11 Å². The van der Waals surface area contributed by atoms with Crippen LogP contribution in [0.25, 0.3) is 0 Å². The fourth-order valence-electron chi connectivity index (χ4n) is 2.81. The molecule has 2 heterocycles. The van der Waals surface area contributed by atoms with Crippen LogP contribution in [0.3, 0.4) is 0 Å². The number of alkyl halides is 4. The molecule has 1 amide bonds. The number of likely N-dealkylation sites (tertiary alicyclic amines) is 1. The fraction of sp³-hybridized carbons (Fsp3) is 0.500. The molecule has 0 saturated carbocycles. The second kappa shape index (κ2) is 5.17. The molecule has 1 aromatic rings. The summed E-state index contributed by atoms with van der Waals surface area (Å²) >= 11 is 0. The van der Waals surface area contributed by atoms with E-state index in [-0.39, 0.29) is 19.0 Å². The number of para-hydroxylation sites is 1. The van der Waals surface area contributed by atoms with Gasteiger partial charge >= 0.3 is 18.3 Å². The number of benzene rings is 1. The summed E-state index contributed by atoms with van der Waals surface area (Å²) in [5.74, 6) is -1.12. The number of piperidine rings is 1. The zero-order valence-corrected chi connectivity index (χ0v) is 11.8. The molecule has 1 fully saturated rings. The predicted molar refractivity (Wildman–Crippen MR) is 69.2 cm³/mol. The van der Waals surface area contributed by atoms with Gasteiger partial charge in [-0.05, 0) is 24.8 Å². The number of hydrogen-bond donors (Lipinski definition) is 1. The van der Waals surface area contributed by atoms with Crippen LogP contribution in [0.15, 0.2) is 18.2 Å². The van der Waals surface area contributed by atoms with Crippen molar-refractivity contribution in [1.82, 2.24) is 4.90 Å². The zero-order valence-electron chi connectivity index (χ0n) is 11.8. The SMILES string of the molecule is O=C(O)N1CCC(c2cccc3c2OC(F)(F)C(F)(F)O3)CC1. The normalized spacial score (nSPS) is 22.7. The maximum Gasteiger partial charge on any atom is 0.507 e. The number of hydrogen-bond acceptors (Lipinski definition) is 3. The van der Waals surface area contributed by atoms with Gasteiger partial charge in [0.05, 0.1) is 0 Å². The standard InChI is InChI=1S/C14H13F4NO4/c15-13(16)14(17,18)23-11-9(2-1-3-10(11)22-13)8-4-6-19(7-5-8)12(20)21/h1-3,8H,4-7H2,(H,20,21). The Morgan fingerprint density at radius 3 is 2.35 bits per heavy atom. The number of halogens is 4. The minimum absolute atomic E-state index is 0.233. The Morgan fingerprint density at radius 1 is 1.13 bits per heavy atom. The molecular formula is C14H13F4NO4. The molecule has 3 rings (SSSR count). The number of carbonyl (C=O) groups is 1. The quantitative estimate of drug-likeness (QED) is 0.798. The molecule has 1 N–H and O–H groups in total. The van der Waals surface area contributed by atoms with Crippen molar-refractivity contribution in [2.75, 3.05) is 13.1 Å². The highest BCUT2D eigenvalue weighted by atomic mass is 19.3. The van der Waals surface area contributed by atoms with Crippen molar-refractivity contribution in [2.24, 2.45) is 0 Å². The maximum atomic E-state index is 13.4. The Labute approximate surface area is 128 Å². The van der Waals surface area contributed by atoms with E-state index in [1.807, 2.05) is 0 Å². The lowest BCUT2D eigenvalue weighted by atomic mass is 9.88. The minimum Gasteiger partial charge on any atom is -0.465 e. The molecule has 23 heavy (non-hydrogen) atoms. The van der Waals surface area contributed by atoms with Crippen LogP contribution in [0.4, 0.5) is 22.4 Å². The zero-order chi connectivity index (χ0) is 16.8. The van der Waals surface area contributed by atoms with E-state index in [2.05, 4.69) is 9.47 Å². The Bertz CT molecular complexity index is 629. The number of fused-ring (bicyclic) bond motifs is 1. The van der Waals surface area contributed by atoms with E-state index in [0.717, 1.165) is 6.07 Å². The summed E-state index contributed by atoms with van der Waals surface area (Å²) in [6.07, 6.45) is -9.80. The van der Waals surface area contributed by atoms with Gasteiger partial charge in [0.15, 0.2) is 11.5 Å². The molecule has 0 unspecified atom stereocenters. The Hall–Kier alpha value is -2.19. The molecule has 0 aliphatic carbocycles. The number of rotatable bonds is 1. The van der Waals surface area contributed by atoms with Gasteiger partial charge in [0, 0.05) is 18.7 Å². The van der Waals surface area contributed by atoms with Crippen LogP contribution in [-0.4, -0.2) is 41.4 Å². The average molecular weight is 335 g/mol. The lowest BCUT2D eigenvalue weighted by Crippen LogP contribution is -2.52. The monoisotopic (exact) mass is 335 g/mol. The summed E-state index contributed by atoms with van der Waals surface area (Å²) in [4.78, 5) is 12.1. The van der Waals surface area contributed by atoms with Crippen molar-refractivity contribution < 1.29 is 36.9 Å². The lowest BCUT2D eigenvalue weighted by Gasteiger charge is -2.35. The van der Waals surface area contributed by atoms with E-state index in [1.165, 1.54) is 17.0 Å². The first-order valence-corrected chi connectivity index (χ1v) is 6.96. The van der Waals surface area contributed by atoms with Gasteiger partial charge in [-0.1, -0.05) is 12.1 Å². The van der Waals surface area contributed by atoms with E-state index in [9.17, 15) is 22.4 Å². The van der Waals surface area contributed by atoms with Gasteiger partial charge in [0.1, 0.15) is 0 Å². The van der Waals surface area contributed by atoms with Crippen molar-refractivity contribution in [3.05, 3.63) is 23.8 Å². The average Bonchev–Trinajstić information content (AvgIpc) is 2.47. The Balaban J connectivity index is 1.88. The molecule has 1 saturated heterocycles. The third-order valence-corrected chi connectivity index (χ3v) is 4.02. The van der Waals surface area contributed by atoms with E-state index >= 15 is 0 Å². The van der Waals surface area contributed by atoms with Gasteiger partial charge in [-0.3, -0.25) is 0 Å². The summed E-state index contributed by atoms with van der Waals surface area (Å²) < 4.78 is 61.6. The molecule has 2 aliphatic rings. The van der Waals surface area contributed by atoms with Gasteiger partial charge in [-0.15, -0.1) is 0 Å². The highest BCUT2D eigenvalue weighted by molar-refractivity contribution is 5.65. The second-order valence-corrected chi connectivity index (χ2v) is 5.46. The smallest absolute Gasteiger partial charge is 0.465 e. The molecule has 5 nitrogen and oxygen atoms in total. The van der Waals surface area contributed by atoms with Gasteiger partial charge in [-0.25, -0.2) is 4.79 Å². The molecule has 9 heteroatoms. The summed E-state index contributed by atoms with van der Waals surface area (Å²) in [7, 11) is 0. The third-order valence-electron chi connectivity index (χ3n) is 4.02. The molecule has 0 spiro atoms. The van der Waals surface area contributed by atoms with Gasteiger partial charge in [-0.2, -0.15) is 17.6 Å². The molecule has 0 radical (unpaired) electrons. The Morgan fingerprint density at radius 2 is 1.74 bits per heavy atom. The summed E-state index contributed by atoms with van der Waals surface area (Å²) in [5.41, 5.74) is 0.322. The van der Waals surface area contributed by atoms with Gasteiger partial charge in [0.25, 0.3) is 0 Å². The van der Waals surface area contributed by atoms with E-state index in [0.29, 0.717) is 18.4 Å². The first-order chi connectivity index (χ1) is 10.7. The third kappa shape index (κ3) is 2.64. The van der Waals surface area contributed by atoms with Crippen LogP contribution in [-0.2, 0) is 0 Å². The van der Waals surface area contributed by atoms with Crippen molar-refractivity contribution in [3.63, 3.8) is 0 Å². The second-order valence-electron chi connectivity index (χ2n) is 5.46. The lowest BCUT2D eigenvalue weighted by molar-refractivity contribution is -0.391. The van der Waals surface area contributed by atoms with Crippen LogP contribution >= 0.6 is 0 Å². The number of carboxylic acid groups (broad SMARTS) is 1. The number of nitrogens with zero attached hydrogens (tertiary/aromatic N) is 1. The molecule has 1 aromatic carbocycles. The molecule has 126 valence electrons. The van der Waals surface area contributed by atoms with Crippen molar-refractivity contribution in [2.45, 2.75) is 31.0 Å². The number of ether oxygens (including phenoxy) is 2. The maximum absolute atomic E-state index is 13.4.